The Balaban J connectivity index is 2.27. The van der Waals surface area contributed by atoms with Crippen LogP contribution in [0.5, 0.6) is 0 Å². The Morgan fingerprint density at radius 1 is 1.35 bits per heavy atom. The molecule has 1 rings (SSSR count). The van der Waals surface area contributed by atoms with Gasteiger partial charge in [0.1, 0.15) is 0 Å². The number of carbonyl (C=O) groups excluding carboxylic acids is 2. The summed E-state index contributed by atoms with van der Waals surface area (Å²) < 4.78 is 0. The first-order valence-corrected chi connectivity index (χ1v) is 5.43. The van der Waals surface area contributed by atoms with Gasteiger partial charge in [-0.2, -0.15) is 0 Å². The van der Waals surface area contributed by atoms with Crippen molar-refractivity contribution in [3.8, 4) is 0 Å². The lowest BCUT2D eigenvalue weighted by Crippen LogP contribution is -2.30. The maximum Gasteiger partial charge on any atom is 0.238 e. The van der Waals surface area contributed by atoms with Gasteiger partial charge in [-0.3, -0.25) is 9.59 Å². The molecule has 0 saturated carbocycles. The van der Waals surface area contributed by atoms with Crippen molar-refractivity contribution in [2.24, 2.45) is 5.73 Å². The molecule has 0 radical (unpaired) electrons. The van der Waals surface area contributed by atoms with Crippen LogP contribution in [0.2, 0.25) is 0 Å². The van der Waals surface area contributed by atoms with Gasteiger partial charge in [-0.25, -0.2) is 0 Å². The highest BCUT2D eigenvalue weighted by molar-refractivity contribution is 5.92. The van der Waals surface area contributed by atoms with Crippen LogP contribution in [-0.2, 0) is 9.59 Å². The first kappa shape index (κ1) is 13.2. The highest BCUT2D eigenvalue weighted by Crippen LogP contribution is 2.08. The van der Waals surface area contributed by atoms with Gasteiger partial charge in [-0.15, -0.1) is 0 Å². The Labute approximate surface area is 100 Å². The fraction of sp³-hybridized carbons (Fsp3) is 0.333. The van der Waals surface area contributed by atoms with E-state index in [9.17, 15) is 9.59 Å². The monoisotopic (exact) mass is 235 g/mol. The second-order valence-corrected chi connectivity index (χ2v) is 3.81. The van der Waals surface area contributed by atoms with Gasteiger partial charge in [0.15, 0.2) is 0 Å². The Hall–Kier alpha value is -1.88. The van der Waals surface area contributed by atoms with Gasteiger partial charge in [-0.1, -0.05) is 12.1 Å². The lowest BCUT2D eigenvalue weighted by molar-refractivity contribution is -0.118. The number of primary amides is 1. The highest BCUT2D eigenvalue weighted by Gasteiger charge is 2.02. The summed E-state index contributed by atoms with van der Waals surface area (Å²) in [5.41, 5.74) is 6.83. The zero-order valence-corrected chi connectivity index (χ0v) is 9.82. The summed E-state index contributed by atoms with van der Waals surface area (Å²) >= 11 is 0. The number of benzene rings is 1. The fourth-order valence-electron chi connectivity index (χ4n) is 1.34. The molecule has 2 amide bonds. The van der Waals surface area contributed by atoms with Crippen molar-refractivity contribution in [1.82, 2.24) is 5.32 Å². The molecular weight excluding hydrogens is 218 g/mol. The SMILES string of the molecule is Cc1cccc(NC(=O)CNCCC(N)=O)c1. The van der Waals surface area contributed by atoms with Crippen molar-refractivity contribution in [3.05, 3.63) is 29.8 Å². The van der Waals surface area contributed by atoms with E-state index in [0.29, 0.717) is 6.54 Å². The molecule has 5 heteroatoms. The van der Waals surface area contributed by atoms with E-state index in [2.05, 4.69) is 10.6 Å². The summed E-state index contributed by atoms with van der Waals surface area (Å²) in [5, 5.41) is 5.59. The van der Waals surface area contributed by atoms with Gasteiger partial charge < -0.3 is 16.4 Å². The van der Waals surface area contributed by atoms with Crippen LogP contribution >= 0.6 is 0 Å². The van der Waals surface area contributed by atoms with E-state index < -0.39 is 0 Å². The van der Waals surface area contributed by atoms with Crippen LogP contribution in [0.3, 0.4) is 0 Å². The molecule has 1 aromatic carbocycles. The number of nitrogens with one attached hydrogen (secondary N) is 2. The lowest BCUT2D eigenvalue weighted by Gasteiger charge is -2.06. The predicted molar refractivity (Wildman–Crippen MR) is 66.5 cm³/mol. The molecule has 0 aromatic heterocycles. The zero-order chi connectivity index (χ0) is 12.7. The normalized spacial score (nSPS) is 9.94. The minimum atomic E-state index is -0.378. The Kier molecular flexibility index (Phi) is 5.16. The number of amides is 2. The lowest BCUT2D eigenvalue weighted by atomic mass is 10.2. The minimum absolute atomic E-state index is 0.139. The minimum Gasteiger partial charge on any atom is -0.370 e. The van der Waals surface area contributed by atoms with Gasteiger partial charge in [0.05, 0.1) is 6.54 Å². The number of aryl methyl sites for hydroxylation is 1. The quantitative estimate of drug-likeness (QED) is 0.624. The summed E-state index contributed by atoms with van der Waals surface area (Å²) in [4.78, 5) is 21.9. The predicted octanol–water partition coefficient (Wildman–Crippen LogP) is 0.399. The van der Waals surface area contributed by atoms with Crippen molar-refractivity contribution in [1.29, 1.82) is 0 Å². The molecule has 0 aliphatic carbocycles. The largest absolute Gasteiger partial charge is 0.370 e. The second-order valence-electron chi connectivity index (χ2n) is 3.81. The third-order valence-electron chi connectivity index (χ3n) is 2.14. The smallest absolute Gasteiger partial charge is 0.238 e. The van der Waals surface area contributed by atoms with E-state index >= 15 is 0 Å². The molecule has 0 saturated heterocycles. The van der Waals surface area contributed by atoms with E-state index in [-0.39, 0.29) is 24.8 Å². The third kappa shape index (κ3) is 5.67. The van der Waals surface area contributed by atoms with Crippen LogP contribution in [0, 0.1) is 6.92 Å². The van der Waals surface area contributed by atoms with Gasteiger partial charge in [0.2, 0.25) is 11.8 Å². The van der Waals surface area contributed by atoms with Crippen LogP contribution in [0.4, 0.5) is 5.69 Å². The van der Waals surface area contributed by atoms with E-state index in [1.54, 1.807) is 0 Å². The van der Waals surface area contributed by atoms with Gasteiger partial charge in [0.25, 0.3) is 0 Å². The van der Waals surface area contributed by atoms with E-state index in [1.165, 1.54) is 0 Å². The van der Waals surface area contributed by atoms with E-state index in [4.69, 9.17) is 5.73 Å². The molecule has 17 heavy (non-hydrogen) atoms. The molecule has 0 bridgehead atoms. The van der Waals surface area contributed by atoms with Crippen molar-refractivity contribution >= 4 is 17.5 Å². The molecule has 0 aliphatic rings. The maximum atomic E-state index is 11.5. The first-order valence-electron chi connectivity index (χ1n) is 5.43. The molecule has 5 nitrogen and oxygen atoms in total. The van der Waals surface area contributed by atoms with Gasteiger partial charge >= 0.3 is 0 Å². The standard InChI is InChI=1S/C12H17N3O2/c1-9-3-2-4-10(7-9)15-12(17)8-14-6-5-11(13)16/h2-4,7,14H,5-6,8H2,1H3,(H2,13,16)(H,15,17). The number of nitrogens with two attached hydrogens (primary N) is 1. The average Bonchev–Trinajstić information content (AvgIpc) is 2.24. The van der Waals surface area contributed by atoms with Crippen molar-refractivity contribution in [2.75, 3.05) is 18.4 Å². The molecular formula is C12H17N3O2. The van der Waals surface area contributed by atoms with Crippen LogP contribution < -0.4 is 16.4 Å². The third-order valence-corrected chi connectivity index (χ3v) is 2.14. The molecule has 0 aliphatic heterocycles. The fourth-order valence-corrected chi connectivity index (χ4v) is 1.34. The van der Waals surface area contributed by atoms with Crippen molar-refractivity contribution in [3.63, 3.8) is 0 Å². The Morgan fingerprint density at radius 3 is 2.76 bits per heavy atom. The zero-order valence-electron chi connectivity index (χ0n) is 9.82. The summed E-state index contributed by atoms with van der Waals surface area (Å²) in [7, 11) is 0. The van der Waals surface area contributed by atoms with Gasteiger partial charge in [0, 0.05) is 18.7 Å². The van der Waals surface area contributed by atoms with Crippen molar-refractivity contribution < 1.29 is 9.59 Å². The number of hydrogen-bond donors (Lipinski definition) is 3. The first-order chi connectivity index (χ1) is 8.08. The van der Waals surface area contributed by atoms with Crippen LogP contribution in [0.1, 0.15) is 12.0 Å². The van der Waals surface area contributed by atoms with E-state index in [1.807, 2.05) is 31.2 Å². The molecule has 92 valence electrons. The Bertz CT molecular complexity index is 404. The van der Waals surface area contributed by atoms with Crippen LogP contribution in [-0.4, -0.2) is 24.9 Å². The van der Waals surface area contributed by atoms with Gasteiger partial charge in [-0.05, 0) is 24.6 Å². The molecule has 4 N–H and O–H groups in total. The summed E-state index contributed by atoms with van der Waals surface area (Å²) in [6.45, 7) is 2.54. The Morgan fingerprint density at radius 2 is 2.12 bits per heavy atom. The van der Waals surface area contributed by atoms with E-state index in [0.717, 1.165) is 11.3 Å². The average molecular weight is 235 g/mol. The van der Waals surface area contributed by atoms with Crippen LogP contribution in [0.25, 0.3) is 0 Å². The van der Waals surface area contributed by atoms with Crippen LogP contribution in [0.15, 0.2) is 24.3 Å². The molecule has 0 spiro atoms. The number of anilines is 1. The second kappa shape index (κ2) is 6.65. The molecule has 0 fully saturated rings. The maximum absolute atomic E-state index is 11.5. The highest BCUT2D eigenvalue weighted by atomic mass is 16.2. The molecule has 0 unspecified atom stereocenters. The summed E-state index contributed by atoms with van der Waals surface area (Å²) in [5.74, 6) is -0.517. The topological polar surface area (TPSA) is 84.2 Å². The summed E-state index contributed by atoms with van der Waals surface area (Å²) in [6, 6.07) is 7.56. The number of hydrogen-bond acceptors (Lipinski definition) is 3. The molecule has 1 aromatic rings. The summed E-state index contributed by atoms with van der Waals surface area (Å²) in [6.07, 6.45) is 0.234. The molecule has 0 atom stereocenters. The number of carbonyl (C=O) groups is 2. The van der Waals surface area contributed by atoms with Crippen molar-refractivity contribution in [2.45, 2.75) is 13.3 Å². The molecule has 0 heterocycles. The number of rotatable bonds is 6.